The molecule has 0 aromatic heterocycles. The lowest BCUT2D eigenvalue weighted by molar-refractivity contribution is -0.146. The molecule has 5 heteroatoms. The van der Waals surface area contributed by atoms with E-state index in [0.29, 0.717) is 6.54 Å². The van der Waals surface area contributed by atoms with Crippen LogP contribution in [-0.4, -0.2) is 37.6 Å². The SMILES string of the molecule is CCNC(=O)C(C)NC(C)C(C)C(=O)OC. The Bertz CT molecular complexity index is 243. The van der Waals surface area contributed by atoms with E-state index < -0.39 is 0 Å². The van der Waals surface area contributed by atoms with E-state index in [4.69, 9.17) is 0 Å². The molecular formula is C11H22N2O3. The van der Waals surface area contributed by atoms with Crippen molar-refractivity contribution in [3.63, 3.8) is 0 Å². The molecule has 0 aliphatic carbocycles. The van der Waals surface area contributed by atoms with E-state index in [1.165, 1.54) is 7.11 Å². The van der Waals surface area contributed by atoms with Gasteiger partial charge in [-0.05, 0) is 20.8 Å². The number of nitrogens with one attached hydrogen (secondary N) is 2. The number of ether oxygens (including phenoxy) is 1. The Balaban J connectivity index is 4.17. The van der Waals surface area contributed by atoms with E-state index in [1.807, 2.05) is 13.8 Å². The van der Waals surface area contributed by atoms with Crippen LogP contribution in [0.3, 0.4) is 0 Å². The van der Waals surface area contributed by atoms with E-state index in [1.54, 1.807) is 13.8 Å². The molecule has 0 bridgehead atoms. The molecule has 0 saturated heterocycles. The van der Waals surface area contributed by atoms with Gasteiger partial charge in [0.1, 0.15) is 0 Å². The normalized spacial score (nSPS) is 16.1. The summed E-state index contributed by atoms with van der Waals surface area (Å²) < 4.78 is 4.64. The highest BCUT2D eigenvalue weighted by Gasteiger charge is 2.23. The van der Waals surface area contributed by atoms with Crippen LogP contribution in [0, 0.1) is 5.92 Å². The quantitative estimate of drug-likeness (QED) is 0.644. The number of likely N-dealkylation sites (N-methyl/N-ethyl adjacent to an activating group) is 1. The van der Waals surface area contributed by atoms with Gasteiger partial charge in [0.25, 0.3) is 0 Å². The van der Waals surface area contributed by atoms with Crippen LogP contribution in [-0.2, 0) is 14.3 Å². The maximum Gasteiger partial charge on any atom is 0.309 e. The van der Waals surface area contributed by atoms with Crippen LogP contribution < -0.4 is 10.6 Å². The lowest BCUT2D eigenvalue weighted by Crippen LogP contribution is -2.48. The third kappa shape index (κ3) is 4.61. The summed E-state index contributed by atoms with van der Waals surface area (Å²) >= 11 is 0. The first-order valence-corrected chi connectivity index (χ1v) is 5.55. The average Bonchev–Trinajstić information content (AvgIpc) is 2.26. The number of methoxy groups -OCH3 is 1. The summed E-state index contributed by atoms with van der Waals surface area (Å²) in [6, 6.07) is -0.424. The first-order chi connectivity index (χ1) is 7.43. The van der Waals surface area contributed by atoms with E-state index in [0.717, 1.165) is 0 Å². The smallest absolute Gasteiger partial charge is 0.309 e. The van der Waals surface area contributed by atoms with Crippen molar-refractivity contribution in [1.29, 1.82) is 0 Å². The maximum absolute atomic E-state index is 11.5. The van der Waals surface area contributed by atoms with Gasteiger partial charge in [0.2, 0.25) is 5.91 Å². The highest BCUT2D eigenvalue weighted by Crippen LogP contribution is 2.05. The molecule has 94 valence electrons. The zero-order valence-corrected chi connectivity index (χ0v) is 10.7. The van der Waals surface area contributed by atoms with Gasteiger partial charge in [-0.2, -0.15) is 0 Å². The third-order valence-electron chi connectivity index (χ3n) is 2.58. The topological polar surface area (TPSA) is 67.4 Å². The molecule has 0 aliphatic heterocycles. The first-order valence-electron chi connectivity index (χ1n) is 5.55. The Kier molecular flexibility index (Phi) is 6.72. The number of hydrogen-bond donors (Lipinski definition) is 2. The Morgan fingerprint density at radius 3 is 2.25 bits per heavy atom. The van der Waals surface area contributed by atoms with Gasteiger partial charge in [-0.25, -0.2) is 0 Å². The second-order valence-electron chi connectivity index (χ2n) is 3.88. The molecule has 3 atom stereocenters. The fourth-order valence-electron chi connectivity index (χ4n) is 1.33. The van der Waals surface area contributed by atoms with Crippen molar-refractivity contribution in [3.8, 4) is 0 Å². The molecule has 0 radical (unpaired) electrons. The fraction of sp³-hybridized carbons (Fsp3) is 0.818. The van der Waals surface area contributed by atoms with Crippen molar-refractivity contribution >= 4 is 11.9 Å². The number of hydrogen-bond acceptors (Lipinski definition) is 4. The zero-order valence-electron chi connectivity index (χ0n) is 10.7. The van der Waals surface area contributed by atoms with Crippen LogP contribution in [0.5, 0.6) is 0 Å². The van der Waals surface area contributed by atoms with Crippen LogP contribution in [0.15, 0.2) is 0 Å². The van der Waals surface area contributed by atoms with Crippen molar-refractivity contribution in [2.45, 2.75) is 39.8 Å². The minimum atomic E-state index is -0.318. The Morgan fingerprint density at radius 1 is 1.25 bits per heavy atom. The molecule has 0 spiro atoms. The van der Waals surface area contributed by atoms with Crippen LogP contribution in [0.1, 0.15) is 27.7 Å². The lowest BCUT2D eigenvalue weighted by atomic mass is 10.0. The highest BCUT2D eigenvalue weighted by molar-refractivity contribution is 5.81. The standard InChI is InChI=1S/C11H22N2O3/c1-6-12-10(14)9(4)13-8(3)7(2)11(15)16-5/h7-9,13H,6H2,1-5H3,(H,12,14). The van der Waals surface area contributed by atoms with Gasteiger partial charge in [-0.1, -0.05) is 6.92 Å². The molecular weight excluding hydrogens is 208 g/mol. The Morgan fingerprint density at radius 2 is 1.81 bits per heavy atom. The fourth-order valence-corrected chi connectivity index (χ4v) is 1.33. The van der Waals surface area contributed by atoms with Crippen LogP contribution in [0.4, 0.5) is 0 Å². The van der Waals surface area contributed by atoms with Crippen LogP contribution in [0.2, 0.25) is 0 Å². The molecule has 0 saturated carbocycles. The monoisotopic (exact) mass is 230 g/mol. The summed E-state index contributed by atoms with van der Waals surface area (Å²) in [6.45, 7) is 7.87. The van der Waals surface area contributed by atoms with Crippen LogP contribution in [0.25, 0.3) is 0 Å². The number of esters is 1. The van der Waals surface area contributed by atoms with E-state index in [2.05, 4.69) is 15.4 Å². The summed E-state index contributed by atoms with van der Waals surface area (Å²) in [6.07, 6.45) is 0. The predicted molar refractivity (Wildman–Crippen MR) is 61.9 cm³/mol. The molecule has 0 rings (SSSR count). The molecule has 0 fully saturated rings. The molecule has 0 aromatic carbocycles. The van der Waals surface area contributed by atoms with Crippen LogP contribution >= 0.6 is 0 Å². The minimum absolute atomic E-state index is 0.0635. The summed E-state index contributed by atoms with van der Waals surface area (Å²) in [5.74, 6) is -0.614. The van der Waals surface area contributed by atoms with Gasteiger partial charge < -0.3 is 15.4 Å². The van der Waals surface area contributed by atoms with Crippen molar-refractivity contribution in [1.82, 2.24) is 10.6 Å². The molecule has 0 aromatic rings. The average molecular weight is 230 g/mol. The Labute approximate surface area is 96.9 Å². The van der Waals surface area contributed by atoms with Gasteiger partial charge in [-0.3, -0.25) is 9.59 Å². The van der Waals surface area contributed by atoms with E-state index >= 15 is 0 Å². The maximum atomic E-state index is 11.5. The summed E-state index contributed by atoms with van der Waals surface area (Å²) in [5.41, 5.74) is 0. The molecule has 0 heterocycles. The van der Waals surface area contributed by atoms with Gasteiger partial charge >= 0.3 is 5.97 Å². The van der Waals surface area contributed by atoms with Gasteiger partial charge in [0.15, 0.2) is 0 Å². The number of carbonyl (C=O) groups excluding carboxylic acids is 2. The molecule has 1 amide bonds. The zero-order chi connectivity index (χ0) is 12.7. The largest absolute Gasteiger partial charge is 0.469 e. The van der Waals surface area contributed by atoms with Crippen molar-refractivity contribution in [2.75, 3.05) is 13.7 Å². The molecule has 0 aliphatic rings. The minimum Gasteiger partial charge on any atom is -0.469 e. The van der Waals surface area contributed by atoms with Gasteiger partial charge in [0.05, 0.1) is 19.1 Å². The lowest BCUT2D eigenvalue weighted by Gasteiger charge is -2.23. The summed E-state index contributed by atoms with van der Waals surface area (Å²) in [4.78, 5) is 22.7. The van der Waals surface area contributed by atoms with Gasteiger partial charge in [0, 0.05) is 12.6 Å². The molecule has 16 heavy (non-hydrogen) atoms. The molecule has 3 unspecified atom stereocenters. The summed E-state index contributed by atoms with van der Waals surface area (Å²) in [5, 5.41) is 5.78. The predicted octanol–water partition coefficient (Wildman–Crippen LogP) is 0.298. The number of amides is 1. The van der Waals surface area contributed by atoms with Crippen molar-refractivity contribution < 1.29 is 14.3 Å². The molecule has 5 nitrogen and oxygen atoms in total. The third-order valence-corrected chi connectivity index (χ3v) is 2.58. The van der Waals surface area contributed by atoms with Crippen molar-refractivity contribution in [2.24, 2.45) is 5.92 Å². The van der Waals surface area contributed by atoms with Gasteiger partial charge in [-0.15, -0.1) is 0 Å². The first kappa shape index (κ1) is 14.9. The van der Waals surface area contributed by atoms with Crippen molar-refractivity contribution in [3.05, 3.63) is 0 Å². The second kappa shape index (κ2) is 7.22. The Hall–Kier alpha value is -1.10. The number of carbonyl (C=O) groups is 2. The summed E-state index contributed by atoms with van der Waals surface area (Å²) in [7, 11) is 1.36. The van der Waals surface area contributed by atoms with E-state index in [-0.39, 0.29) is 29.9 Å². The second-order valence-corrected chi connectivity index (χ2v) is 3.88. The highest BCUT2D eigenvalue weighted by atomic mass is 16.5. The molecule has 2 N–H and O–H groups in total. The number of rotatable bonds is 6. The van der Waals surface area contributed by atoms with E-state index in [9.17, 15) is 9.59 Å².